The van der Waals surface area contributed by atoms with E-state index in [9.17, 15) is 59.4 Å². The Morgan fingerprint density at radius 3 is 2.27 bits per heavy atom. The lowest BCUT2D eigenvalue weighted by Gasteiger charge is -2.62. The number of alkyl halides is 2. The molecule has 364 valence electrons. The molecule has 3 saturated carbocycles. The molecule has 0 amide bonds. The molecule has 66 heavy (non-hydrogen) atoms. The van der Waals surface area contributed by atoms with Gasteiger partial charge in [0.05, 0.1) is 32.0 Å². The van der Waals surface area contributed by atoms with Gasteiger partial charge in [0.2, 0.25) is 0 Å². The van der Waals surface area contributed by atoms with Gasteiger partial charge in [-0.1, -0.05) is 19.9 Å². The Morgan fingerprint density at radius 1 is 0.939 bits per heavy atom. The van der Waals surface area contributed by atoms with E-state index in [1.807, 2.05) is 6.92 Å². The number of nitrogens with zero attached hydrogens (tertiary/aromatic N) is 3. The Hall–Kier alpha value is -6.53. The van der Waals surface area contributed by atoms with Gasteiger partial charge in [-0.3, -0.25) is 14.4 Å². The van der Waals surface area contributed by atoms with Crippen LogP contribution in [0.2, 0.25) is 0 Å². The number of Topliss-reactive ketones (excluding diaryl/α,β-unsaturated/α-hetero) is 1. The minimum absolute atomic E-state index is 0.0108. The Labute approximate surface area is 374 Å². The highest BCUT2D eigenvalue weighted by atomic mass is 19.1. The summed E-state index contributed by atoms with van der Waals surface area (Å²) in [5, 5.41) is 46.9. The molecule has 23 nitrogen and oxygen atoms in total. The van der Waals surface area contributed by atoms with E-state index < -0.39 is 111 Å². The zero-order valence-corrected chi connectivity index (χ0v) is 36.3. The van der Waals surface area contributed by atoms with Gasteiger partial charge < -0.3 is 43.7 Å². The minimum Gasteiger partial charge on any atom is -0.493 e. The normalized spacial score (nSPS) is 28.5. The number of aliphatic hydroxyl groups excluding tert-OH is 1. The molecule has 10 atom stereocenters. The van der Waals surface area contributed by atoms with Gasteiger partial charge in [-0.2, -0.15) is 0 Å². The molecule has 0 bridgehead atoms. The van der Waals surface area contributed by atoms with E-state index in [4.69, 9.17) is 24.1 Å². The molecule has 1 aromatic rings. The van der Waals surface area contributed by atoms with Crippen molar-refractivity contribution >= 4 is 29.7 Å². The van der Waals surface area contributed by atoms with Gasteiger partial charge in [-0.15, -0.1) is 30.3 Å². The number of carbonyl (C=O) groups excluding carboxylic acids is 4. The molecule has 0 aliphatic heterocycles. The van der Waals surface area contributed by atoms with Crippen LogP contribution < -0.4 is 9.47 Å². The standard InChI is InChI=1S/C37H44F2N2O15.C4H7NO5/c1-20-13-24-25-16-27(38)26-15-22(42)10-11-36(26,3)37(25,39)31(44)17-35(24,2)32(20)28(43)19-53-34(46)55-29-9-8-21(14-30(29)51-4)33(45)52-12-6-5-7-23(56-41(49)50)18-54-40(47)48;6-4(7)2-1-3-10-5(8)9/h8-11,14-15,20,23-25,27,31-32,44H,5-7,12-13,16-19H2,1-4H3;1-3H2,(H,6,7)/t20-,23?,24?,25?,27+,31?,32?,35?,36?,37+;/m1./s1. The second kappa shape index (κ2) is 22.1. The van der Waals surface area contributed by atoms with Crippen molar-refractivity contribution < 1.29 is 91.7 Å². The quantitative estimate of drug-likeness (QED) is 0.0530. The number of ketones is 2. The van der Waals surface area contributed by atoms with Crippen molar-refractivity contribution in [3.63, 3.8) is 0 Å². The van der Waals surface area contributed by atoms with Gasteiger partial charge in [0.1, 0.15) is 18.9 Å². The number of benzene rings is 1. The topological polar surface area (TPSA) is 320 Å². The summed E-state index contributed by atoms with van der Waals surface area (Å²) in [6, 6.07) is 3.76. The van der Waals surface area contributed by atoms with E-state index in [0.717, 1.165) is 6.08 Å². The molecular weight excluding hydrogens is 892 g/mol. The zero-order valence-electron chi connectivity index (χ0n) is 36.3. The van der Waals surface area contributed by atoms with E-state index in [2.05, 4.69) is 14.5 Å². The Morgan fingerprint density at radius 2 is 1.64 bits per heavy atom. The molecule has 0 spiro atoms. The number of aliphatic carboxylic acids is 1. The molecule has 2 N–H and O–H groups in total. The number of unbranched alkanes of at least 4 members (excludes halogenated alkanes) is 1. The van der Waals surface area contributed by atoms with Crippen LogP contribution in [0, 0.1) is 64.8 Å². The van der Waals surface area contributed by atoms with Gasteiger partial charge in [-0.25, -0.2) is 18.4 Å². The number of carbonyl (C=O) groups is 5. The highest BCUT2D eigenvalue weighted by Crippen LogP contribution is 2.70. The van der Waals surface area contributed by atoms with Crippen LogP contribution in [-0.2, 0) is 38.4 Å². The van der Waals surface area contributed by atoms with E-state index in [-0.39, 0.29) is 86.7 Å². The number of ether oxygens (including phenoxy) is 4. The van der Waals surface area contributed by atoms with Crippen LogP contribution in [-0.4, -0.2) is 113 Å². The fourth-order valence-electron chi connectivity index (χ4n) is 9.99. The zero-order chi connectivity index (χ0) is 49.1. The Kier molecular flexibility index (Phi) is 17.4. The number of allylic oxidation sites excluding steroid dienone is 4. The number of rotatable bonds is 21. The molecule has 4 aliphatic rings. The van der Waals surface area contributed by atoms with Crippen molar-refractivity contribution in [3.05, 3.63) is 77.9 Å². The third kappa shape index (κ3) is 12.0. The fourth-order valence-corrected chi connectivity index (χ4v) is 9.99. The van der Waals surface area contributed by atoms with E-state index in [1.54, 1.807) is 6.92 Å². The third-order valence-electron chi connectivity index (χ3n) is 12.7. The predicted octanol–water partition coefficient (Wildman–Crippen LogP) is 5.13. The second-order valence-electron chi connectivity index (χ2n) is 16.8. The van der Waals surface area contributed by atoms with E-state index in [1.165, 1.54) is 44.4 Å². The molecule has 5 rings (SSSR count). The van der Waals surface area contributed by atoms with E-state index >= 15 is 8.78 Å². The summed E-state index contributed by atoms with van der Waals surface area (Å²) >= 11 is 0. The van der Waals surface area contributed by atoms with Crippen LogP contribution in [0.3, 0.4) is 0 Å². The Bertz CT molecular complexity index is 2070. The first kappa shape index (κ1) is 52.1. The molecule has 0 aromatic heterocycles. The molecule has 7 unspecified atom stereocenters. The van der Waals surface area contributed by atoms with Gasteiger partial charge in [0.15, 0.2) is 35.3 Å². The number of methoxy groups -OCH3 is 1. The molecule has 0 heterocycles. The van der Waals surface area contributed by atoms with Crippen molar-refractivity contribution in [1.82, 2.24) is 0 Å². The van der Waals surface area contributed by atoms with Crippen molar-refractivity contribution in [1.29, 1.82) is 0 Å². The van der Waals surface area contributed by atoms with Crippen molar-refractivity contribution in [2.24, 2.45) is 34.5 Å². The van der Waals surface area contributed by atoms with Crippen LogP contribution in [0.15, 0.2) is 42.0 Å². The first-order chi connectivity index (χ1) is 31.0. The summed E-state index contributed by atoms with van der Waals surface area (Å²) in [7, 11) is 1.25. The van der Waals surface area contributed by atoms with Crippen molar-refractivity contribution in [3.8, 4) is 11.5 Å². The summed E-state index contributed by atoms with van der Waals surface area (Å²) in [5.74, 6) is -5.40. The van der Waals surface area contributed by atoms with Gasteiger partial charge in [-0.05, 0) is 105 Å². The summed E-state index contributed by atoms with van der Waals surface area (Å²) in [4.78, 5) is 104. The SMILES string of the molecule is COc1cc(C(=O)OCCCCC(CO[N+](=O)[O-])O[N+](=O)[O-])ccc1OC(=O)OCC(=O)C1[C@H](C)CC2C3C[C@H](F)C4=CC(=O)C=CC4(C)[C@@]3(F)C(O)CC21C.O=C(O)CCCO[N+](=O)[O-]. The van der Waals surface area contributed by atoms with Crippen LogP contribution in [0.25, 0.3) is 0 Å². The number of aliphatic hydroxyl groups is 1. The lowest BCUT2D eigenvalue weighted by atomic mass is 9.45. The first-order valence-electron chi connectivity index (χ1n) is 20.7. The number of carboxylic acids is 1. The molecule has 0 saturated heterocycles. The second-order valence-corrected chi connectivity index (χ2v) is 16.8. The van der Waals surface area contributed by atoms with Gasteiger partial charge in [0, 0.05) is 23.7 Å². The molecule has 25 heteroatoms. The van der Waals surface area contributed by atoms with E-state index in [0.29, 0.717) is 6.42 Å². The maximum atomic E-state index is 17.4. The highest BCUT2D eigenvalue weighted by molar-refractivity contribution is 6.01. The fraction of sp³-hybridized carbons (Fsp3) is 0.634. The number of esters is 1. The van der Waals surface area contributed by atoms with Crippen molar-refractivity contribution in [2.75, 3.05) is 33.5 Å². The number of hydrogen-bond acceptors (Lipinski definition) is 19. The molecule has 4 aliphatic carbocycles. The number of fused-ring (bicyclic) bond motifs is 5. The lowest BCUT2D eigenvalue weighted by molar-refractivity contribution is -0.790. The number of hydrogen-bond donors (Lipinski definition) is 2. The van der Waals surface area contributed by atoms with Gasteiger partial charge >= 0.3 is 18.1 Å². The third-order valence-corrected chi connectivity index (χ3v) is 12.7. The monoisotopic (exact) mass is 943 g/mol. The number of carboxylic acid groups (broad SMARTS) is 1. The Balaban J connectivity index is 0.000000850. The maximum absolute atomic E-state index is 17.4. The largest absolute Gasteiger partial charge is 0.514 e. The predicted molar refractivity (Wildman–Crippen MR) is 215 cm³/mol. The molecule has 0 radical (unpaired) electrons. The minimum atomic E-state index is -2.28. The van der Waals surface area contributed by atoms with Crippen LogP contribution in [0.1, 0.15) is 82.5 Å². The lowest BCUT2D eigenvalue weighted by Crippen LogP contribution is -2.68. The van der Waals surface area contributed by atoms with Crippen molar-refractivity contribution in [2.45, 2.75) is 96.2 Å². The van der Waals surface area contributed by atoms with Crippen LogP contribution in [0.5, 0.6) is 11.5 Å². The maximum Gasteiger partial charge on any atom is 0.514 e. The summed E-state index contributed by atoms with van der Waals surface area (Å²) < 4.78 is 54.0. The first-order valence-corrected chi connectivity index (χ1v) is 20.7. The summed E-state index contributed by atoms with van der Waals surface area (Å²) in [5.41, 5.74) is -4.76. The smallest absolute Gasteiger partial charge is 0.493 e. The molecule has 3 fully saturated rings. The summed E-state index contributed by atoms with van der Waals surface area (Å²) in [6.07, 6.45) is -1.39. The molecular formula is C41H51F2N3O20. The summed E-state index contributed by atoms with van der Waals surface area (Å²) in [6.45, 7) is 3.50. The van der Waals surface area contributed by atoms with Gasteiger partial charge in [0.25, 0.3) is 15.3 Å². The van der Waals surface area contributed by atoms with Crippen LogP contribution >= 0.6 is 0 Å². The van der Waals surface area contributed by atoms with Crippen LogP contribution in [0.4, 0.5) is 13.6 Å². The average molecular weight is 944 g/mol. The molecule has 1 aromatic carbocycles. The number of halogens is 2. The average Bonchev–Trinajstić information content (AvgIpc) is 3.50. The highest BCUT2D eigenvalue weighted by Gasteiger charge is 2.73.